The number of fused-ring (bicyclic) bond motifs is 1. The van der Waals surface area contributed by atoms with Crippen LogP contribution in [0.25, 0.3) is 22.1 Å². The zero-order chi connectivity index (χ0) is 18.0. The van der Waals surface area contributed by atoms with Crippen LogP contribution in [0.5, 0.6) is 5.75 Å². The fourth-order valence-corrected chi connectivity index (χ4v) is 3.18. The number of aryl methyl sites for hydroxylation is 1. The van der Waals surface area contributed by atoms with Crippen molar-refractivity contribution in [3.05, 3.63) is 64.0 Å². The van der Waals surface area contributed by atoms with E-state index in [0.717, 1.165) is 35.2 Å². The largest absolute Gasteiger partial charge is 0.507 e. The van der Waals surface area contributed by atoms with E-state index in [2.05, 4.69) is 18.7 Å². The molecule has 3 aromatic rings. The maximum Gasteiger partial charge on any atom is 0.336 e. The van der Waals surface area contributed by atoms with E-state index in [9.17, 15) is 9.90 Å². The summed E-state index contributed by atoms with van der Waals surface area (Å²) in [5, 5.41) is 11.4. The molecule has 4 nitrogen and oxygen atoms in total. The predicted octanol–water partition coefficient (Wildman–Crippen LogP) is 4.32. The van der Waals surface area contributed by atoms with Crippen LogP contribution >= 0.6 is 0 Å². The first-order chi connectivity index (χ1) is 12.0. The standard InChI is InChI=1S/C21H23NO3/c1-4-22(5-2)13-16-11-18-17(15-9-7-6-8-10-15)12-19(23)25-21(18)14(3)20(16)24/h6-12,24H,4-5,13H2,1-3H3. The van der Waals surface area contributed by atoms with E-state index < -0.39 is 5.63 Å². The van der Waals surface area contributed by atoms with E-state index in [1.54, 1.807) is 6.92 Å². The van der Waals surface area contributed by atoms with Crippen LogP contribution in [-0.2, 0) is 6.54 Å². The van der Waals surface area contributed by atoms with Crippen molar-refractivity contribution in [3.63, 3.8) is 0 Å². The van der Waals surface area contributed by atoms with Gasteiger partial charge in [-0.3, -0.25) is 4.90 Å². The number of hydrogen-bond donors (Lipinski definition) is 1. The van der Waals surface area contributed by atoms with Gasteiger partial charge in [-0.2, -0.15) is 0 Å². The van der Waals surface area contributed by atoms with Gasteiger partial charge in [0.15, 0.2) is 0 Å². The summed E-state index contributed by atoms with van der Waals surface area (Å²) in [5.74, 6) is 0.202. The number of phenols is 1. The molecule has 0 bridgehead atoms. The normalized spacial score (nSPS) is 11.4. The highest BCUT2D eigenvalue weighted by molar-refractivity contribution is 5.96. The Morgan fingerprint density at radius 1 is 1.08 bits per heavy atom. The Morgan fingerprint density at radius 2 is 1.76 bits per heavy atom. The van der Waals surface area contributed by atoms with Crippen LogP contribution in [0.1, 0.15) is 25.0 Å². The Labute approximate surface area is 147 Å². The molecule has 0 radical (unpaired) electrons. The molecule has 0 saturated carbocycles. The average Bonchev–Trinajstić information content (AvgIpc) is 2.64. The van der Waals surface area contributed by atoms with E-state index in [1.807, 2.05) is 36.4 Å². The van der Waals surface area contributed by atoms with Gasteiger partial charge in [0.05, 0.1) is 0 Å². The fraction of sp³-hybridized carbons (Fsp3) is 0.286. The smallest absolute Gasteiger partial charge is 0.336 e. The van der Waals surface area contributed by atoms with Gasteiger partial charge < -0.3 is 9.52 Å². The molecule has 1 aromatic heterocycles. The third kappa shape index (κ3) is 3.30. The number of hydrogen-bond acceptors (Lipinski definition) is 4. The van der Waals surface area contributed by atoms with Crippen molar-refractivity contribution in [3.8, 4) is 16.9 Å². The van der Waals surface area contributed by atoms with Gasteiger partial charge in [-0.05, 0) is 37.2 Å². The Kier molecular flexibility index (Phi) is 4.91. The maximum absolute atomic E-state index is 12.0. The van der Waals surface area contributed by atoms with Crippen molar-refractivity contribution >= 4 is 11.0 Å². The lowest BCUT2D eigenvalue weighted by Gasteiger charge is -2.20. The van der Waals surface area contributed by atoms with Gasteiger partial charge >= 0.3 is 5.63 Å². The number of benzene rings is 2. The lowest BCUT2D eigenvalue weighted by atomic mass is 9.97. The number of rotatable bonds is 5. The molecule has 0 atom stereocenters. The molecule has 0 aliphatic rings. The van der Waals surface area contributed by atoms with Crippen LogP contribution in [-0.4, -0.2) is 23.1 Å². The van der Waals surface area contributed by atoms with E-state index in [1.165, 1.54) is 6.07 Å². The molecule has 1 heterocycles. The summed E-state index contributed by atoms with van der Waals surface area (Å²) < 4.78 is 5.42. The van der Waals surface area contributed by atoms with Gasteiger partial charge in [0.2, 0.25) is 0 Å². The molecule has 0 fully saturated rings. The lowest BCUT2D eigenvalue weighted by Crippen LogP contribution is -2.22. The molecule has 0 aliphatic carbocycles. The predicted molar refractivity (Wildman–Crippen MR) is 101 cm³/mol. The maximum atomic E-state index is 12.0. The first-order valence-electron chi connectivity index (χ1n) is 8.62. The van der Waals surface area contributed by atoms with Crippen LogP contribution in [0.2, 0.25) is 0 Å². The minimum atomic E-state index is -0.412. The Balaban J connectivity index is 2.27. The van der Waals surface area contributed by atoms with Crippen LogP contribution < -0.4 is 5.63 Å². The monoisotopic (exact) mass is 337 g/mol. The quantitative estimate of drug-likeness (QED) is 0.705. The summed E-state index contributed by atoms with van der Waals surface area (Å²) in [6.45, 7) is 8.46. The number of aromatic hydroxyl groups is 1. The first kappa shape index (κ1) is 17.2. The van der Waals surface area contributed by atoms with Gasteiger partial charge in [-0.15, -0.1) is 0 Å². The van der Waals surface area contributed by atoms with Crippen molar-refractivity contribution in [2.75, 3.05) is 13.1 Å². The minimum absolute atomic E-state index is 0.202. The third-order valence-electron chi connectivity index (χ3n) is 4.69. The first-order valence-corrected chi connectivity index (χ1v) is 8.62. The summed E-state index contributed by atoms with van der Waals surface area (Å²) in [6, 6.07) is 13.2. The van der Waals surface area contributed by atoms with Gasteiger partial charge in [-0.1, -0.05) is 44.2 Å². The van der Waals surface area contributed by atoms with E-state index in [0.29, 0.717) is 17.7 Å². The SMILES string of the molecule is CCN(CC)Cc1cc2c(-c3ccccc3)cc(=O)oc2c(C)c1O. The molecule has 0 aliphatic heterocycles. The van der Waals surface area contributed by atoms with Crippen LogP contribution in [0.3, 0.4) is 0 Å². The van der Waals surface area contributed by atoms with Gasteiger partial charge in [0, 0.05) is 29.1 Å². The average molecular weight is 337 g/mol. The van der Waals surface area contributed by atoms with Crippen molar-refractivity contribution in [1.29, 1.82) is 0 Å². The molecule has 4 heteroatoms. The molecule has 3 rings (SSSR count). The van der Waals surface area contributed by atoms with Crippen LogP contribution in [0, 0.1) is 6.92 Å². The number of phenolic OH excluding ortho intramolecular Hbond substituents is 1. The molecule has 1 N–H and O–H groups in total. The van der Waals surface area contributed by atoms with Crippen LogP contribution in [0.15, 0.2) is 51.7 Å². The zero-order valence-electron chi connectivity index (χ0n) is 14.9. The topological polar surface area (TPSA) is 53.7 Å². The Morgan fingerprint density at radius 3 is 2.40 bits per heavy atom. The second-order valence-corrected chi connectivity index (χ2v) is 6.19. The van der Waals surface area contributed by atoms with Gasteiger partial charge in [-0.25, -0.2) is 4.79 Å². The van der Waals surface area contributed by atoms with E-state index in [4.69, 9.17) is 4.42 Å². The zero-order valence-corrected chi connectivity index (χ0v) is 14.9. The van der Waals surface area contributed by atoms with Gasteiger partial charge in [0.1, 0.15) is 11.3 Å². The fourth-order valence-electron chi connectivity index (χ4n) is 3.18. The molecule has 25 heavy (non-hydrogen) atoms. The molecule has 130 valence electrons. The number of nitrogens with zero attached hydrogens (tertiary/aromatic N) is 1. The van der Waals surface area contributed by atoms with E-state index in [-0.39, 0.29) is 5.75 Å². The summed E-state index contributed by atoms with van der Waals surface area (Å²) in [4.78, 5) is 14.3. The molecular weight excluding hydrogens is 314 g/mol. The highest BCUT2D eigenvalue weighted by Crippen LogP contribution is 2.35. The molecule has 0 saturated heterocycles. The Bertz CT molecular complexity index is 941. The van der Waals surface area contributed by atoms with Gasteiger partial charge in [0.25, 0.3) is 0 Å². The summed E-state index contributed by atoms with van der Waals surface area (Å²) in [7, 11) is 0. The lowest BCUT2D eigenvalue weighted by molar-refractivity contribution is 0.290. The Hall–Kier alpha value is -2.59. The van der Waals surface area contributed by atoms with E-state index >= 15 is 0 Å². The summed E-state index contributed by atoms with van der Waals surface area (Å²) >= 11 is 0. The molecule has 2 aromatic carbocycles. The second kappa shape index (κ2) is 7.11. The van der Waals surface area contributed by atoms with Crippen molar-refractivity contribution in [1.82, 2.24) is 4.90 Å². The molecule has 0 spiro atoms. The highest BCUT2D eigenvalue weighted by atomic mass is 16.4. The molecular formula is C21H23NO3. The minimum Gasteiger partial charge on any atom is -0.507 e. The molecule has 0 unspecified atom stereocenters. The highest BCUT2D eigenvalue weighted by Gasteiger charge is 2.17. The summed E-state index contributed by atoms with van der Waals surface area (Å²) in [5.41, 5.74) is 3.28. The third-order valence-corrected chi connectivity index (χ3v) is 4.69. The summed E-state index contributed by atoms with van der Waals surface area (Å²) in [6.07, 6.45) is 0. The second-order valence-electron chi connectivity index (χ2n) is 6.19. The molecule has 0 amide bonds. The van der Waals surface area contributed by atoms with Crippen molar-refractivity contribution < 1.29 is 9.52 Å². The van der Waals surface area contributed by atoms with Crippen LogP contribution in [0.4, 0.5) is 0 Å². The van der Waals surface area contributed by atoms with Crippen molar-refractivity contribution in [2.45, 2.75) is 27.3 Å². The van der Waals surface area contributed by atoms with Crippen molar-refractivity contribution in [2.24, 2.45) is 0 Å².